The molecule has 1 aliphatic carbocycles. The lowest BCUT2D eigenvalue weighted by Crippen LogP contribution is -2.28. The Hall–Kier alpha value is -1.68. The fourth-order valence-electron chi connectivity index (χ4n) is 2.53. The Labute approximate surface area is 105 Å². The second kappa shape index (κ2) is 3.92. The summed E-state index contributed by atoms with van der Waals surface area (Å²) in [6.45, 7) is 0.877. The Morgan fingerprint density at radius 1 is 1.17 bits per heavy atom. The summed E-state index contributed by atoms with van der Waals surface area (Å²) in [5.41, 5.74) is 2.75. The molecule has 2 aliphatic rings. The first-order valence-electron chi connectivity index (χ1n) is 6.54. The zero-order valence-corrected chi connectivity index (χ0v) is 10.1. The van der Waals surface area contributed by atoms with Crippen LogP contribution in [0, 0.1) is 0 Å². The van der Waals surface area contributed by atoms with Crippen LogP contribution in [0.1, 0.15) is 47.6 Å². The van der Waals surface area contributed by atoms with Gasteiger partial charge in [-0.3, -0.25) is 0 Å². The van der Waals surface area contributed by atoms with E-state index in [1.165, 1.54) is 24.0 Å². The molecule has 2 heterocycles. The molecule has 1 fully saturated rings. The van der Waals surface area contributed by atoms with Crippen LogP contribution in [-0.2, 0) is 13.0 Å². The van der Waals surface area contributed by atoms with Gasteiger partial charge < -0.3 is 9.84 Å². The number of fused-ring (bicyclic) bond motifs is 1. The van der Waals surface area contributed by atoms with Crippen molar-refractivity contribution in [2.45, 2.75) is 37.8 Å². The van der Waals surface area contributed by atoms with Crippen molar-refractivity contribution in [3.63, 3.8) is 0 Å². The minimum atomic E-state index is 0.167. The Morgan fingerprint density at radius 2 is 2.00 bits per heavy atom. The lowest BCUT2D eigenvalue weighted by Gasteiger charge is -2.23. The van der Waals surface area contributed by atoms with Gasteiger partial charge in [0.1, 0.15) is 0 Å². The van der Waals surface area contributed by atoms with Gasteiger partial charge in [-0.1, -0.05) is 29.4 Å². The normalized spacial score (nSPS) is 22.8. The van der Waals surface area contributed by atoms with E-state index < -0.39 is 0 Å². The highest BCUT2D eigenvalue weighted by Crippen LogP contribution is 2.38. The standard InChI is InChI=1S/C14H15N3O/c1-2-4-11-8-15-12(7-10(11)3-1)14-16-13(17-18-14)9-5-6-9/h1-4,9,12,15H,5-8H2/t12-/m1/s1. The van der Waals surface area contributed by atoms with Gasteiger partial charge in [0, 0.05) is 12.5 Å². The second-order valence-electron chi connectivity index (χ2n) is 5.17. The van der Waals surface area contributed by atoms with Gasteiger partial charge in [-0.25, -0.2) is 0 Å². The third-order valence-corrected chi connectivity index (χ3v) is 3.78. The molecule has 4 nitrogen and oxygen atoms in total. The van der Waals surface area contributed by atoms with Gasteiger partial charge in [-0.05, 0) is 30.4 Å². The van der Waals surface area contributed by atoms with E-state index in [2.05, 4.69) is 39.7 Å². The molecule has 4 rings (SSSR count). The smallest absolute Gasteiger partial charge is 0.244 e. The molecule has 1 N–H and O–H groups in total. The van der Waals surface area contributed by atoms with Gasteiger partial charge in [-0.2, -0.15) is 4.98 Å². The summed E-state index contributed by atoms with van der Waals surface area (Å²) in [6, 6.07) is 8.69. The summed E-state index contributed by atoms with van der Waals surface area (Å²) >= 11 is 0. The quantitative estimate of drug-likeness (QED) is 0.876. The first-order chi connectivity index (χ1) is 8.90. The zero-order valence-electron chi connectivity index (χ0n) is 10.1. The van der Waals surface area contributed by atoms with Crippen molar-refractivity contribution in [1.29, 1.82) is 0 Å². The van der Waals surface area contributed by atoms with E-state index in [0.717, 1.165) is 24.7 Å². The van der Waals surface area contributed by atoms with Crippen LogP contribution in [0.25, 0.3) is 0 Å². The number of aromatic nitrogens is 2. The van der Waals surface area contributed by atoms with E-state index in [1.807, 2.05) is 0 Å². The first kappa shape index (κ1) is 10.3. The van der Waals surface area contributed by atoms with Gasteiger partial charge in [0.05, 0.1) is 6.04 Å². The van der Waals surface area contributed by atoms with Crippen molar-refractivity contribution < 1.29 is 4.52 Å². The van der Waals surface area contributed by atoms with Gasteiger partial charge >= 0.3 is 0 Å². The van der Waals surface area contributed by atoms with Gasteiger partial charge in [-0.15, -0.1) is 0 Å². The van der Waals surface area contributed by atoms with Crippen LogP contribution in [0.4, 0.5) is 0 Å². The largest absolute Gasteiger partial charge is 0.338 e. The summed E-state index contributed by atoms with van der Waals surface area (Å²) in [7, 11) is 0. The molecule has 0 spiro atoms. The highest BCUT2D eigenvalue weighted by molar-refractivity contribution is 5.30. The molecule has 2 aromatic rings. The molecule has 4 heteroatoms. The van der Waals surface area contributed by atoms with E-state index in [-0.39, 0.29) is 6.04 Å². The van der Waals surface area contributed by atoms with Gasteiger partial charge in [0.2, 0.25) is 5.89 Å². The second-order valence-corrected chi connectivity index (χ2v) is 5.17. The molecule has 0 amide bonds. The van der Waals surface area contributed by atoms with Crippen LogP contribution < -0.4 is 5.32 Å². The molecule has 18 heavy (non-hydrogen) atoms. The number of rotatable bonds is 2. The molecule has 1 aliphatic heterocycles. The maximum absolute atomic E-state index is 5.40. The molecular weight excluding hydrogens is 226 g/mol. The first-order valence-corrected chi connectivity index (χ1v) is 6.54. The van der Waals surface area contributed by atoms with E-state index >= 15 is 0 Å². The molecule has 1 aromatic carbocycles. The number of nitrogens with one attached hydrogen (secondary N) is 1. The van der Waals surface area contributed by atoms with Gasteiger partial charge in [0.25, 0.3) is 0 Å². The summed E-state index contributed by atoms with van der Waals surface area (Å²) in [5.74, 6) is 2.19. The minimum Gasteiger partial charge on any atom is -0.338 e. The van der Waals surface area contributed by atoms with Crippen molar-refractivity contribution in [3.8, 4) is 0 Å². The number of benzene rings is 1. The third-order valence-electron chi connectivity index (χ3n) is 3.78. The SMILES string of the molecule is c1ccc2c(c1)CN[C@@H](c1nc(C3CC3)no1)C2. The Bertz CT molecular complexity index is 574. The molecule has 0 unspecified atom stereocenters. The lowest BCUT2D eigenvalue weighted by atomic mass is 9.96. The predicted molar refractivity (Wildman–Crippen MR) is 66.0 cm³/mol. The molecule has 0 saturated heterocycles. The summed E-state index contributed by atoms with van der Waals surface area (Å²) in [4.78, 5) is 4.53. The van der Waals surface area contributed by atoms with E-state index in [9.17, 15) is 0 Å². The molecule has 1 atom stereocenters. The van der Waals surface area contributed by atoms with Gasteiger partial charge in [0.15, 0.2) is 5.82 Å². The third kappa shape index (κ3) is 1.73. The zero-order chi connectivity index (χ0) is 11.9. The van der Waals surface area contributed by atoms with Crippen molar-refractivity contribution in [2.75, 3.05) is 0 Å². The van der Waals surface area contributed by atoms with Crippen LogP contribution in [0.3, 0.4) is 0 Å². The molecule has 1 aromatic heterocycles. The highest BCUT2D eigenvalue weighted by atomic mass is 16.5. The lowest BCUT2D eigenvalue weighted by molar-refractivity contribution is 0.319. The molecule has 92 valence electrons. The van der Waals surface area contributed by atoms with Crippen molar-refractivity contribution in [2.24, 2.45) is 0 Å². The van der Waals surface area contributed by atoms with Crippen LogP contribution in [0.5, 0.6) is 0 Å². The topological polar surface area (TPSA) is 51.0 Å². The molecule has 0 bridgehead atoms. The van der Waals surface area contributed by atoms with E-state index in [1.54, 1.807) is 0 Å². The van der Waals surface area contributed by atoms with E-state index in [4.69, 9.17) is 4.52 Å². The highest BCUT2D eigenvalue weighted by Gasteiger charge is 2.31. The Morgan fingerprint density at radius 3 is 2.83 bits per heavy atom. The monoisotopic (exact) mass is 241 g/mol. The molecule has 0 radical (unpaired) electrons. The Kier molecular flexibility index (Phi) is 2.23. The summed E-state index contributed by atoms with van der Waals surface area (Å²) in [6.07, 6.45) is 3.35. The van der Waals surface area contributed by atoms with Crippen LogP contribution in [-0.4, -0.2) is 10.1 Å². The van der Waals surface area contributed by atoms with Crippen LogP contribution >= 0.6 is 0 Å². The fraction of sp³-hybridized carbons (Fsp3) is 0.429. The average Bonchev–Trinajstić information content (AvgIpc) is 3.16. The molecular formula is C14H15N3O. The summed E-state index contributed by atoms with van der Waals surface area (Å²) in [5, 5.41) is 7.55. The Balaban J connectivity index is 1.59. The number of nitrogens with zero attached hydrogens (tertiary/aromatic N) is 2. The molecule has 1 saturated carbocycles. The average molecular weight is 241 g/mol. The summed E-state index contributed by atoms with van der Waals surface area (Å²) < 4.78 is 5.40. The maximum atomic E-state index is 5.40. The van der Waals surface area contributed by atoms with Crippen molar-refractivity contribution in [1.82, 2.24) is 15.5 Å². The maximum Gasteiger partial charge on any atom is 0.244 e. The van der Waals surface area contributed by atoms with Crippen molar-refractivity contribution in [3.05, 3.63) is 47.1 Å². The van der Waals surface area contributed by atoms with Crippen molar-refractivity contribution >= 4 is 0 Å². The number of hydrogen-bond donors (Lipinski definition) is 1. The number of hydrogen-bond acceptors (Lipinski definition) is 4. The van der Waals surface area contributed by atoms with Crippen LogP contribution in [0.2, 0.25) is 0 Å². The van der Waals surface area contributed by atoms with Crippen LogP contribution in [0.15, 0.2) is 28.8 Å². The minimum absolute atomic E-state index is 0.167. The predicted octanol–water partition coefficient (Wildman–Crippen LogP) is 2.33. The van der Waals surface area contributed by atoms with E-state index in [0.29, 0.717) is 5.92 Å². The fourth-order valence-corrected chi connectivity index (χ4v) is 2.53.